The summed E-state index contributed by atoms with van der Waals surface area (Å²) in [5, 5.41) is 2.95. The minimum atomic E-state index is -0.0124. The van der Waals surface area contributed by atoms with Crippen molar-refractivity contribution in [3.05, 3.63) is 59.2 Å². The normalized spacial score (nSPS) is 11.8. The first-order chi connectivity index (χ1) is 11.5. The number of methoxy groups -OCH3 is 1. The summed E-state index contributed by atoms with van der Waals surface area (Å²) in [6.07, 6.45) is 1.05. The van der Waals surface area contributed by atoms with Crippen molar-refractivity contribution in [2.75, 3.05) is 26.0 Å². The zero-order valence-electron chi connectivity index (χ0n) is 15.0. The fourth-order valence-corrected chi connectivity index (χ4v) is 2.69. The van der Waals surface area contributed by atoms with Gasteiger partial charge in [-0.15, -0.1) is 0 Å². The first kappa shape index (κ1) is 18.0. The highest BCUT2D eigenvalue weighted by Gasteiger charge is 2.13. The van der Waals surface area contributed by atoms with Crippen molar-refractivity contribution in [1.82, 2.24) is 0 Å². The van der Waals surface area contributed by atoms with Crippen molar-refractivity contribution >= 4 is 11.6 Å². The van der Waals surface area contributed by atoms with Crippen molar-refractivity contribution in [1.29, 1.82) is 0 Å². The number of nitrogens with one attached hydrogen (secondary N) is 2. The van der Waals surface area contributed by atoms with Gasteiger partial charge in [-0.3, -0.25) is 4.79 Å². The maximum atomic E-state index is 12.3. The van der Waals surface area contributed by atoms with Crippen molar-refractivity contribution in [2.24, 2.45) is 0 Å². The summed E-state index contributed by atoms with van der Waals surface area (Å²) in [6, 6.07) is 14.4. The Morgan fingerprint density at radius 2 is 1.79 bits per heavy atom. The van der Waals surface area contributed by atoms with Crippen molar-refractivity contribution in [3.8, 4) is 5.75 Å². The molecule has 0 saturated heterocycles. The van der Waals surface area contributed by atoms with Gasteiger partial charge in [-0.25, -0.2) is 0 Å². The maximum Gasteiger partial charge on any atom is 0.279 e. The van der Waals surface area contributed by atoms with E-state index in [0.29, 0.717) is 12.3 Å². The minimum Gasteiger partial charge on any atom is -0.495 e. The van der Waals surface area contributed by atoms with Gasteiger partial charge in [0.25, 0.3) is 5.91 Å². The molecule has 0 aromatic heterocycles. The monoisotopic (exact) mass is 327 g/mol. The van der Waals surface area contributed by atoms with Gasteiger partial charge < -0.3 is 15.0 Å². The van der Waals surface area contributed by atoms with Crippen LogP contribution in [-0.4, -0.2) is 26.6 Å². The summed E-state index contributed by atoms with van der Waals surface area (Å²) >= 11 is 0. The molecule has 0 heterocycles. The molecule has 24 heavy (non-hydrogen) atoms. The van der Waals surface area contributed by atoms with Gasteiger partial charge in [0.2, 0.25) is 0 Å². The molecule has 0 fully saturated rings. The van der Waals surface area contributed by atoms with Crippen LogP contribution in [0.3, 0.4) is 0 Å². The molecule has 0 aliphatic heterocycles. The summed E-state index contributed by atoms with van der Waals surface area (Å²) in [4.78, 5) is 13.4. The molecule has 1 amide bonds. The largest absolute Gasteiger partial charge is 0.495 e. The molecule has 1 atom stereocenters. The van der Waals surface area contributed by atoms with E-state index < -0.39 is 0 Å². The number of aryl methyl sites for hydroxylation is 2. The zero-order chi connectivity index (χ0) is 17.5. The number of carbonyl (C=O) groups excluding carboxylic acids is 1. The second-order valence-corrected chi connectivity index (χ2v) is 6.23. The standard InChI is InChI=1S/C20H26N2O2/c1-5-16-7-9-17(10-8-16)13-22(3)14-20(23)21-18-12-15(2)6-11-19(18)24-4/h6-12H,5,13-14H2,1-4H3,(H,21,23)/p+1. The number of benzene rings is 2. The van der Waals surface area contributed by atoms with Gasteiger partial charge in [-0.1, -0.05) is 37.3 Å². The van der Waals surface area contributed by atoms with E-state index >= 15 is 0 Å². The number of amides is 1. The predicted octanol–water partition coefficient (Wildman–Crippen LogP) is 2.22. The molecule has 4 heteroatoms. The molecule has 0 aliphatic carbocycles. The molecule has 2 N–H and O–H groups in total. The Labute approximate surface area is 144 Å². The fraction of sp³-hybridized carbons (Fsp3) is 0.350. The van der Waals surface area contributed by atoms with Gasteiger partial charge in [0, 0.05) is 5.56 Å². The predicted molar refractivity (Wildman–Crippen MR) is 97.6 cm³/mol. The molecule has 2 aromatic rings. The number of hydrogen-bond acceptors (Lipinski definition) is 2. The first-order valence-corrected chi connectivity index (χ1v) is 8.35. The molecule has 0 bridgehead atoms. The molecule has 2 rings (SSSR count). The second-order valence-electron chi connectivity index (χ2n) is 6.23. The molecule has 1 unspecified atom stereocenters. The van der Waals surface area contributed by atoms with E-state index in [1.165, 1.54) is 11.1 Å². The van der Waals surface area contributed by atoms with Gasteiger partial charge in [0.15, 0.2) is 6.54 Å². The van der Waals surface area contributed by atoms with Crippen LogP contribution in [0, 0.1) is 6.92 Å². The Hall–Kier alpha value is -2.33. The lowest BCUT2D eigenvalue weighted by Gasteiger charge is -2.15. The van der Waals surface area contributed by atoms with Crippen LogP contribution in [0.5, 0.6) is 5.75 Å². The Balaban J connectivity index is 1.92. The molecule has 0 saturated carbocycles. The van der Waals surface area contributed by atoms with Crippen LogP contribution in [0.4, 0.5) is 5.69 Å². The smallest absolute Gasteiger partial charge is 0.279 e. The molecule has 0 aliphatic rings. The highest BCUT2D eigenvalue weighted by Crippen LogP contribution is 2.24. The number of hydrogen-bond donors (Lipinski definition) is 2. The van der Waals surface area contributed by atoms with E-state index in [4.69, 9.17) is 4.74 Å². The molecule has 0 radical (unpaired) electrons. The van der Waals surface area contributed by atoms with Crippen LogP contribution >= 0.6 is 0 Å². The third kappa shape index (κ3) is 5.10. The quantitative estimate of drug-likeness (QED) is 0.819. The average molecular weight is 327 g/mol. The average Bonchev–Trinajstić information content (AvgIpc) is 2.55. The first-order valence-electron chi connectivity index (χ1n) is 8.35. The van der Waals surface area contributed by atoms with Gasteiger partial charge in [-0.2, -0.15) is 0 Å². The minimum absolute atomic E-state index is 0.0124. The topological polar surface area (TPSA) is 42.8 Å². The van der Waals surface area contributed by atoms with Crippen molar-refractivity contribution in [3.63, 3.8) is 0 Å². The van der Waals surface area contributed by atoms with Crippen molar-refractivity contribution < 1.29 is 14.4 Å². The lowest BCUT2D eigenvalue weighted by Crippen LogP contribution is -3.08. The highest BCUT2D eigenvalue weighted by molar-refractivity contribution is 5.93. The van der Waals surface area contributed by atoms with E-state index in [-0.39, 0.29) is 5.91 Å². The van der Waals surface area contributed by atoms with Crippen LogP contribution in [0.1, 0.15) is 23.6 Å². The SMILES string of the molecule is CCc1ccc(C[NH+](C)CC(=O)Nc2cc(C)ccc2OC)cc1. The summed E-state index contributed by atoms with van der Waals surface area (Å²) in [7, 11) is 3.64. The molecule has 128 valence electrons. The summed E-state index contributed by atoms with van der Waals surface area (Å²) in [5.74, 6) is 0.670. The van der Waals surface area contributed by atoms with Gasteiger partial charge in [-0.05, 0) is 36.6 Å². The van der Waals surface area contributed by atoms with Gasteiger partial charge >= 0.3 is 0 Å². The number of likely N-dealkylation sites (N-methyl/N-ethyl adjacent to an activating group) is 1. The number of ether oxygens (including phenoxy) is 1. The van der Waals surface area contributed by atoms with Crippen molar-refractivity contribution in [2.45, 2.75) is 26.8 Å². The highest BCUT2D eigenvalue weighted by atomic mass is 16.5. The molecule has 2 aromatic carbocycles. The second kappa shape index (κ2) is 8.50. The van der Waals surface area contributed by atoms with Gasteiger partial charge in [0.1, 0.15) is 12.3 Å². The Morgan fingerprint density at radius 1 is 1.12 bits per heavy atom. The van der Waals surface area contributed by atoms with E-state index in [0.717, 1.165) is 29.1 Å². The van der Waals surface area contributed by atoms with Crippen LogP contribution in [0.25, 0.3) is 0 Å². The van der Waals surface area contributed by atoms with Crippen LogP contribution in [0.2, 0.25) is 0 Å². The molecule has 0 spiro atoms. The Bertz CT molecular complexity index is 681. The van der Waals surface area contributed by atoms with Crippen LogP contribution < -0.4 is 15.0 Å². The molecule has 4 nitrogen and oxygen atoms in total. The molecular weight excluding hydrogens is 300 g/mol. The molecular formula is C20H27N2O2+. The van der Waals surface area contributed by atoms with E-state index in [1.807, 2.05) is 32.2 Å². The zero-order valence-corrected chi connectivity index (χ0v) is 15.0. The fourth-order valence-electron chi connectivity index (χ4n) is 2.69. The maximum absolute atomic E-state index is 12.3. The number of anilines is 1. The summed E-state index contributed by atoms with van der Waals surface area (Å²) in [5.41, 5.74) is 4.39. The lowest BCUT2D eigenvalue weighted by molar-refractivity contribution is -0.885. The summed E-state index contributed by atoms with van der Waals surface area (Å²) < 4.78 is 5.30. The van der Waals surface area contributed by atoms with E-state index in [2.05, 4.69) is 36.5 Å². The van der Waals surface area contributed by atoms with E-state index in [9.17, 15) is 4.79 Å². The Kier molecular flexibility index (Phi) is 6.38. The van der Waals surface area contributed by atoms with Crippen LogP contribution in [0.15, 0.2) is 42.5 Å². The van der Waals surface area contributed by atoms with E-state index in [1.54, 1.807) is 7.11 Å². The lowest BCUT2D eigenvalue weighted by atomic mass is 10.1. The third-order valence-electron chi connectivity index (χ3n) is 4.03. The number of carbonyl (C=O) groups is 1. The van der Waals surface area contributed by atoms with Crippen LogP contribution in [-0.2, 0) is 17.8 Å². The summed E-state index contributed by atoms with van der Waals surface area (Å²) in [6.45, 7) is 5.37. The number of quaternary nitrogens is 1. The Morgan fingerprint density at radius 3 is 2.42 bits per heavy atom. The number of rotatable bonds is 7. The van der Waals surface area contributed by atoms with Gasteiger partial charge in [0.05, 0.1) is 19.8 Å². The third-order valence-corrected chi connectivity index (χ3v) is 4.03.